The number of halogens is 1. The monoisotopic (exact) mass is 311 g/mol. The fourth-order valence-corrected chi connectivity index (χ4v) is 1.84. The van der Waals surface area contributed by atoms with Gasteiger partial charge in [0.15, 0.2) is 11.6 Å². The number of rotatable bonds is 5. The van der Waals surface area contributed by atoms with Gasteiger partial charge in [-0.1, -0.05) is 18.2 Å². The van der Waals surface area contributed by atoms with Crippen LogP contribution < -0.4 is 4.74 Å². The van der Waals surface area contributed by atoms with E-state index in [0.29, 0.717) is 11.1 Å². The fraction of sp³-hybridized carbons (Fsp3) is 0.111. The Bertz CT molecular complexity index is 761. The van der Waals surface area contributed by atoms with Crippen LogP contribution in [-0.2, 0) is 16.1 Å². The van der Waals surface area contributed by atoms with Crippen molar-refractivity contribution in [2.24, 2.45) is 0 Å². The second-order valence-corrected chi connectivity index (χ2v) is 4.64. The number of carbonyl (C=O) groups is 1. The maximum Gasteiger partial charge on any atom is 0.331 e. The highest BCUT2D eigenvalue weighted by Gasteiger charge is 2.05. The Morgan fingerprint density at radius 2 is 2.00 bits per heavy atom. The Morgan fingerprint density at radius 1 is 1.26 bits per heavy atom. The maximum atomic E-state index is 13.5. The second-order valence-electron chi connectivity index (χ2n) is 4.64. The summed E-state index contributed by atoms with van der Waals surface area (Å²) in [5, 5.41) is 8.70. The fourth-order valence-electron chi connectivity index (χ4n) is 1.84. The average molecular weight is 311 g/mol. The molecule has 0 radical (unpaired) electrons. The van der Waals surface area contributed by atoms with Gasteiger partial charge in [-0.05, 0) is 41.5 Å². The molecular weight excluding hydrogens is 297 g/mol. The molecule has 2 aromatic carbocycles. The Balaban J connectivity index is 1.90. The molecule has 0 spiro atoms. The summed E-state index contributed by atoms with van der Waals surface area (Å²) in [6.45, 7) is -0.0303. The van der Waals surface area contributed by atoms with Crippen molar-refractivity contribution < 1.29 is 18.7 Å². The van der Waals surface area contributed by atoms with E-state index in [-0.39, 0.29) is 12.4 Å². The first-order valence-electron chi connectivity index (χ1n) is 6.80. The highest BCUT2D eigenvalue weighted by molar-refractivity contribution is 5.87. The molecule has 2 aromatic rings. The lowest BCUT2D eigenvalue weighted by molar-refractivity contribution is -0.138. The lowest BCUT2D eigenvalue weighted by Crippen LogP contribution is -2.01. The van der Waals surface area contributed by atoms with E-state index in [2.05, 4.69) is 0 Å². The van der Waals surface area contributed by atoms with Crippen molar-refractivity contribution >= 4 is 12.0 Å². The number of hydrogen-bond acceptors (Lipinski definition) is 4. The lowest BCUT2D eigenvalue weighted by Gasteiger charge is -2.05. The van der Waals surface area contributed by atoms with Gasteiger partial charge in [-0.3, -0.25) is 0 Å². The third-order valence-electron chi connectivity index (χ3n) is 3.05. The molecule has 0 bridgehead atoms. The van der Waals surface area contributed by atoms with Gasteiger partial charge in [0.2, 0.25) is 0 Å². The van der Waals surface area contributed by atoms with Crippen molar-refractivity contribution in [3.05, 3.63) is 71.0 Å². The molecule has 4 nitrogen and oxygen atoms in total. The third-order valence-corrected chi connectivity index (χ3v) is 3.05. The molecule has 0 saturated carbocycles. The lowest BCUT2D eigenvalue weighted by atomic mass is 10.1. The van der Waals surface area contributed by atoms with E-state index in [0.717, 1.165) is 5.56 Å². The molecule has 5 heteroatoms. The van der Waals surface area contributed by atoms with Gasteiger partial charge in [0, 0.05) is 6.08 Å². The first-order valence-corrected chi connectivity index (χ1v) is 6.80. The van der Waals surface area contributed by atoms with Gasteiger partial charge < -0.3 is 9.47 Å². The molecule has 0 atom stereocenters. The smallest absolute Gasteiger partial charge is 0.331 e. The summed E-state index contributed by atoms with van der Waals surface area (Å²) in [7, 11) is 1.38. The van der Waals surface area contributed by atoms with E-state index in [4.69, 9.17) is 14.7 Å². The largest absolute Gasteiger partial charge is 0.494 e. The molecule has 0 aliphatic rings. The minimum absolute atomic E-state index is 0.0303. The molecule has 0 N–H and O–H groups in total. The summed E-state index contributed by atoms with van der Waals surface area (Å²) in [5.41, 5.74) is 1.85. The van der Waals surface area contributed by atoms with Crippen LogP contribution in [0, 0.1) is 17.1 Å². The van der Waals surface area contributed by atoms with Gasteiger partial charge in [-0.25, -0.2) is 9.18 Å². The van der Waals surface area contributed by atoms with Crippen LogP contribution >= 0.6 is 0 Å². The minimum atomic E-state index is -0.536. The molecular formula is C18H14FNO3. The number of nitriles is 1. The average Bonchev–Trinajstić information content (AvgIpc) is 2.58. The number of methoxy groups -OCH3 is 1. The number of esters is 1. The summed E-state index contributed by atoms with van der Waals surface area (Å²) in [5.74, 6) is -0.902. The van der Waals surface area contributed by atoms with Gasteiger partial charge in [0.05, 0.1) is 18.7 Å². The van der Waals surface area contributed by atoms with E-state index in [9.17, 15) is 9.18 Å². The van der Waals surface area contributed by atoms with Gasteiger partial charge in [0.25, 0.3) is 0 Å². The molecule has 0 unspecified atom stereocenters. The number of ether oxygens (including phenoxy) is 2. The molecule has 0 aromatic heterocycles. The molecule has 0 aliphatic carbocycles. The van der Waals surface area contributed by atoms with Crippen LogP contribution in [0.5, 0.6) is 5.75 Å². The predicted octanol–water partition coefficient (Wildman–Crippen LogP) is 3.46. The highest BCUT2D eigenvalue weighted by atomic mass is 19.1. The maximum absolute atomic E-state index is 13.5. The third kappa shape index (κ3) is 4.68. The molecule has 116 valence electrons. The van der Waals surface area contributed by atoms with Crippen LogP contribution in [-0.4, -0.2) is 13.1 Å². The highest BCUT2D eigenvalue weighted by Crippen LogP contribution is 2.18. The van der Waals surface area contributed by atoms with Crippen LogP contribution in [0.1, 0.15) is 16.7 Å². The van der Waals surface area contributed by atoms with Crippen molar-refractivity contribution in [3.63, 3.8) is 0 Å². The number of hydrogen-bond donors (Lipinski definition) is 0. The van der Waals surface area contributed by atoms with Gasteiger partial charge >= 0.3 is 5.97 Å². The van der Waals surface area contributed by atoms with Crippen molar-refractivity contribution in [2.75, 3.05) is 7.11 Å². The van der Waals surface area contributed by atoms with Crippen LogP contribution in [0.25, 0.3) is 6.08 Å². The van der Waals surface area contributed by atoms with E-state index in [1.807, 2.05) is 6.07 Å². The van der Waals surface area contributed by atoms with Crippen LogP contribution in [0.15, 0.2) is 48.5 Å². The summed E-state index contributed by atoms with van der Waals surface area (Å²) in [4.78, 5) is 11.6. The quantitative estimate of drug-likeness (QED) is 0.627. The molecule has 0 amide bonds. The van der Waals surface area contributed by atoms with Crippen molar-refractivity contribution in [1.29, 1.82) is 5.26 Å². The number of nitrogens with zero attached hydrogens (tertiary/aromatic N) is 1. The molecule has 23 heavy (non-hydrogen) atoms. The topological polar surface area (TPSA) is 59.3 Å². The Morgan fingerprint density at radius 3 is 2.61 bits per heavy atom. The zero-order valence-electron chi connectivity index (χ0n) is 12.5. The standard InChI is InChI=1S/C18H14FNO3/c1-22-17-8-6-15(10-16(17)19)12-23-18(21)9-7-13-2-4-14(11-20)5-3-13/h2-10H,12H2,1H3/b9-7+. The van der Waals surface area contributed by atoms with Crippen molar-refractivity contribution in [1.82, 2.24) is 0 Å². The van der Waals surface area contributed by atoms with Crippen LogP contribution in [0.4, 0.5) is 4.39 Å². The van der Waals surface area contributed by atoms with E-state index in [1.165, 1.54) is 25.3 Å². The van der Waals surface area contributed by atoms with Crippen LogP contribution in [0.3, 0.4) is 0 Å². The first kappa shape index (κ1) is 16.2. The predicted molar refractivity (Wildman–Crippen MR) is 82.9 cm³/mol. The SMILES string of the molecule is COc1ccc(COC(=O)/C=C/c2ccc(C#N)cc2)cc1F. The number of benzene rings is 2. The second kappa shape index (κ2) is 7.76. The molecule has 0 heterocycles. The van der Waals surface area contributed by atoms with Crippen molar-refractivity contribution in [2.45, 2.75) is 6.61 Å². The Hall–Kier alpha value is -3.13. The van der Waals surface area contributed by atoms with E-state index < -0.39 is 11.8 Å². The summed E-state index contributed by atoms with van der Waals surface area (Å²) >= 11 is 0. The zero-order valence-corrected chi connectivity index (χ0v) is 12.5. The normalized spacial score (nSPS) is 10.3. The van der Waals surface area contributed by atoms with E-state index in [1.54, 1.807) is 36.4 Å². The Labute approximate surface area is 133 Å². The molecule has 0 fully saturated rings. The minimum Gasteiger partial charge on any atom is -0.494 e. The first-order chi connectivity index (χ1) is 11.1. The summed E-state index contributed by atoms with van der Waals surface area (Å²) in [6.07, 6.45) is 2.86. The summed E-state index contributed by atoms with van der Waals surface area (Å²) < 4.78 is 23.4. The molecule has 0 aliphatic heterocycles. The molecule has 2 rings (SSSR count). The van der Waals surface area contributed by atoms with Crippen LogP contribution in [0.2, 0.25) is 0 Å². The zero-order chi connectivity index (χ0) is 16.7. The molecule has 0 saturated heterocycles. The number of carbonyl (C=O) groups excluding carboxylic acids is 1. The summed E-state index contributed by atoms with van der Waals surface area (Å²) in [6, 6.07) is 13.1. The van der Waals surface area contributed by atoms with Gasteiger partial charge in [-0.15, -0.1) is 0 Å². The van der Waals surface area contributed by atoms with Crippen molar-refractivity contribution in [3.8, 4) is 11.8 Å². The Kier molecular flexibility index (Phi) is 5.48. The van der Waals surface area contributed by atoms with Gasteiger partial charge in [0.1, 0.15) is 6.61 Å². The van der Waals surface area contributed by atoms with E-state index >= 15 is 0 Å². The van der Waals surface area contributed by atoms with Gasteiger partial charge in [-0.2, -0.15) is 5.26 Å².